The molecule has 1 amide bonds. The van der Waals surface area contributed by atoms with Crippen LogP contribution in [0.4, 0.5) is 0 Å². The Morgan fingerprint density at radius 1 is 1.20 bits per heavy atom. The Hall–Kier alpha value is -3.35. The van der Waals surface area contributed by atoms with Gasteiger partial charge >= 0.3 is 0 Å². The molecule has 0 spiro atoms. The molecule has 2 N–H and O–H groups in total. The van der Waals surface area contributed by atoms with E-state index in [9.17, 15) is 4.79 Å². The Labute approximate surface area is 144 Å². The second-order valence-electron chi connectivity index (χ2n) is 5.80. The lowest BCUT2D eigenvalue weighted by molar-refractivity contribution is 0.0954. The predicted octanol–water partition coefficient (Wildman–Crippen LogP) is 2.06. The third-order valence-electron chi connectivity index (χ3n) is 4.09. The van der Waals surface area contributed by atoms with E-state index in [-0.39, 0.29) is 5.91 Å². The van der Waals surface area contributed by atoms with Crippen LogP contribution in [0, 0.1) is 0 Å². The van der Waals surface area contributed by atoms with Gasteiger partial charge in [0.15, 0.2) is 0 Å². The second kappa shape index (κ2) is 6.27. The van der Waals surface area contributed by atoms with Crippen LogP contribution in [0.5, 0.6) is 0 Å². The van der Waals surface area contributed by atoms with Gasteiger partial charge in [0, 0.05) is 32.4 Å². The minimum Gasteiger partial charge on any atom is -0.351 e. The van der Waals surface area contributed by atoms with E-state index in [1.807, 2.05) is 60.4 Å². The molecule has 0 saturated heterocycles. The average molecular weight is 334 g/mol. The number of para-hydroxylation sites is 2. The minimum atomic E-state index is -0.145. The van der Waals surface area contributed by atoms with Crippen molar-refractivity contribution in [3.8, 4) is 5.82 Å². The topological polar surface area (TPSA) is 80.5 Å². The van der Waals surface area contributed by atoms with Crippen molar-refractivity contribution < 1.29 is 4.79 Å². The number of nitrogens with one attached hydrogen (secondary N) is 2. The fraction of sp³-hybridized carbons (Fsp3) is 0.167. The zero-order valence-corrected chi connectivity index (χ0v) is 13.8. The number of fused-ring (bicyclic) bond motifs is 1. The highest BCUT2D eigenvalue weighted by molar-refractivity contribution is 5.97. The molecule has 0 atom stereocenters. The first-order valence-electron chi connectivity index (χ1n) is 8.09. The number of amides is 1. The second-order valence-corrected chi connectivity index (χ2v) is 5.80. The lowest BCUT2D eigenvalue weighted by Gasteiger charge is -2.08. The van der Waals surface area contributed by atoms with E-state index >= 15 is 0 Å². The summed E-state index contributed by atoms with van der Waals surface area (Å²) in [5.74, 6) is 1.46. The maximum absolute atomic E-state index is 12.5. The molecule has 3 heterocycles. The Kier molecular flexibility index (Phi) is 3.81. The van der Waals surface area contributed by atoms with Crippen LogP contribution in [-0.2, 0) is 13.5 Å². The third kappa shape index (κ3) is 2.91. The quantitative estimate of drug-likeness (QED) is 0.586. The minimum absolute atomic E-state index is 0.145. The number of carbonyl (C=O) groups excluding carboxylic acids is 1. The number of benzene rings is 1. The van der Waals surface area contributed by atoms with E-state index in [1.165, 1.54) is 0 Å². The molecule has 0 saturated carbocycles. The molecule has 126 valence electrons. The van der Waals surface area contributed by atoms with Crippen LogP contribution in [0.3, 0.4) is 0 Å². The van der Waals surface area contributed by atoms with Crippen LogP contribution in [0.2, 0.25) is 0 Å². The molecule has 0 aliphatic heterocycles. The molecule has 7 nitrogen and oxygen atoms in total. The lowest BCUT2D eigenvalue weighted by Crippen LogP contribution is -2.26. The summed E-state index contributed by atoms with van der Waals surface area (Å²) in [6, 6.07) is 11.7. The number of aromatic nitrogens is 5. The highest BCUT2D eigenvalue weighted by atomic mass is 16.1. The summed E-state index contributed by atoms with van der Waals surface area (Å²) in [6.45, 7) is 0.499. The van der Waals surface area contributed by atoms with Gasteiger partial charge in [-0.2, -0.15) is 5.10 Å². The largest absolute Gasteiger partial charge is 0.351 e. The third-order valence-corrected chi connectivity index (χ3v) is 4.09. The highest BCUT2D eigenvalue weighted by Gasteiger charge is 2.17. The normalized spacial score (nSPS) is 11.1. The number of aryl methyl sites for hydroxylation is 1. The summed E-state index contributed by atoms with van der Waals surface area (Å²) in [7, 11) is 1.82. The molecule has 25 heavy (non-hydrogen) atoms. The summed E-state index contributed by atoms with van der Waals surface area (Å²) >= 11 is 0. The van der Waals surface area contributed by atoms with E-state index in [4.69, 9.17) is 0 Å². The van der Waals surface area contributed by atoms with E-state index in [0.717, 1.165) is 22.7 Å². The molecule has 7 heteroatoms. The fourth-order valence-electron chi connectivity index (χ4n) is 2.89. The van der Waals surface area contributed by atoms with Crippen LogP contribution >= 0.6 is 0 Å². The van der Waals surface area contributed by atoms with Gasteiger partial charge in [-0.1, -0.05) is 12.1 Å². The molecule has 0 bridgehead atoms. The Bertz CT molecular complexity index is 978. The standard InChI is InChI=1S/C18H18N6O/c1-23-18(24-10-4-5-11-24)13(12-20-23)17(25)19-9-8-16-21-14-6-2-3-7-15(14)22-16/h2-7,10-12H,8-9H2,1H3,(H,19,25)(H,21,22). The fourth-order valence-corrected chi connectivity index (χ4v) is 2.89. The van der Waals surface area contributed by atoms with E-state index in [2.05, 4.69) is 20.4 Å². The van der Waals surface area contributed by atoms with E-state index < -0.39 is 0 Å². The first-order valence-corrected chi connectivity index (χ1v) is 8.09. The Morgan fingerprint density at radius 3 is 2.80 bits per heavy atom. The molecule has 0 fully saturated rings. The van der Waals surface area contributed by atoms with Gasteiger partial charge < -0.3 is 14.9 Å². The maximum Gasteiger partial charge on any atom is 0.256 e. The number of carbonyl (C=O) groups is 1. The average Bonchev–Trinajstić information content (AvgIpc) is 3.32. The van der Waals surface area contributed by atoms with Crippen LogP contribution in [-0.4, -0.2) is 36.8 Å². The molecule has 3 aromatic heterocycles. The Balaban J connectivity index is 1.44. The van der Waals surface area contributed by atoms with Gasteiger partial charge in [-0.3, -0.25) is 9.48 Å². The van der Waals surface area contributed by atoms with Crippen molar-refractivity contribution in [3.63, 3.8) is 0 Å². The smallest absolute Gasteiger partial charge is 0.256 e. The summed E-state index contributed by atoms with van der Waals surface area (Å²) in [4.78, 5) is 20.3. The molecule has 0 aliphatic carbocycles. The van der Waals surface area contributed by atoms with Crippen molar-refractivity contribution >= 4 is 16.9 Å². The van der Waals surface area contributed by atoms with Crippen molar-refractivity contribution in [2.24, 2.45) is 7.05 Å². The molecule has 4 aromatic rings. The van der Waals surface area contributed by atoms with Gasteiger partial charge in [0.2, 0.25) is 0 Å². The molecule has 0 unspecified atom stereocenters. The van der Waals surface area contributed by atoms with Gasteiger partial charge in [-0.25, -0.2) is 4.98 Å². The number of hydrogen-bond donors (Lipinski definition) is 2. The summed E-state index contributed by atoms with van der Waals surface area (Å²) < 4.78 is 3.56. The van der Waals surface area contributed by atoms with Crippen LogP contribution in [0.15, 0.2) is 55.0 Å². The number of nitrogens with zero attached hydrogens (tertiary/aromatic N) is 4. The number of aromatic amines is 1. The lowest BCUT2D eigenvalue weighted by atomic mass is 10.3. The molecule has 0 aliphatic rings. The van der Waals surface area contributed by atoms with Gasteiger partial charge in [-0.15, -0.1) is 0 Å². The predicted molar refractivity (Wildman–Crippen MR) is 94.7 cm³/mol. The summed E-state index contributed by atoms with van der Waals surface area (Å²) in [6.07, 6.45) is 6.01. The number of rotatable bonds is 5. The van der Waals surface area contributed by atoms with Crippen molar-refractivity contribution in [2.75, 3.05) is 6.54 Å². The first kappa shape index (κ1) is 15.2. The van der Waals surface area contributed by atoms with Gasteiger partial charge in [0.25, 0.3) is 5.91 Å². The van der Waals surface area contributed by atoms with Crippen molar-refractivity contribution in [2.45, 2.75) is 6.42 Å². The first-order chi connectivity index (χ1) is 12.2. The Morgan fingerprint density at radius 2 is 2.00 bits per heavy atom. The molecule has 4 rings (SSSR count). The molecule has 1 aromatic carbocycles. The van der Waals surface area contributed by atoms with Gasteiger partial charge in [0.05, 0.1) is 17.2 Å². The molecular weight excluding hydrogens is 316 g/mol. The number of H-pyrrole nitrogens is 1. The zero-order valence-electron chi connectivity index (χ0n) is 13.8. The van der Waals surface area contributed by atoms with Crippen molar-refractivity contribution in [3.05, 3.63) is 66.4 Å². The maximum atomic E-state index is 12.5. The van der Waals surface area contributed by atoms with Gasteiger partial charge in [-0.05, 0) is 24.3 Å². The monoisotopic (exact) mass is 334 g/mol. The van der Waals surface area contributed by atoms with Crippen molar-refractivity contribution in [1.82, 2.24) is 29.6 Å². The SMILES string of the molecule is Cn1ncc(C(=O)NCCc2nc3ccccc3[nH]2)c1-n1cccc1. The van der Waals surface area contributed by atoms with Gasteiger partial charge in [0.1, 0.15) is 17.2 Å². The summed E-state index contributed by atoms with van der Waals surface area (Å²) in [5.41, 5.74) is 2.49. The zero-order chi connectivity index (χ0) is 17.2. The number of hydrogen-bond acceptors (Lipinski definition) is 3. The van der Waals surface area contributed by atoms with Crippen LogP contribution in [0.25, 0.3) is 16.9 Å². The van der Waals surface area contributed by atoms with E-state index in [0.29, 0.717) is 18.5 Å². The van der Waals surface area contributed by atoms with Crippen LogP contribution < -0.4 is 5.32 Å². The number of imidazole rings is 1. The molecule has 0 radical (unpaired) electrons. The molecular formula is C18H18N6O. The summed E-state index contributed by atoms with van der Waals surface area (Å²) in [5, 5.41) is 7.15. The van der Waals surface area contributed by atoms with Crippen molar-refractivity contribution in [1.29, 1.82) is 0 Å². The highest BCUT2D eigenvalue weighted by Crippen LogP contribution is 2.14. The van der Waals surface area contributed by atoms with E-state index in [1.54, 1.807) is 10.9 Å². The van der Waals surface area contributed by atoms with Crippen LogP contribution in [0.1, 0.15) is 16.2 Å².